The lowest BCUT2D eigenvalue weighted by atomic mass is 10.0. The van der Waals surface area contributed by atoms with Crippen LogP contribution in [0.3, 0.4) is 0 Å². The van der Waals surface area contributed by atoms with Gasteiger partial charge in [0, 0.05) is 11.4 Å². The van der Waals surface area contributed by atoms with Crippen molar-refractivity contribution in [2.75, 3.05) is 11.9 Å². The van der Waals surface area contributed by atoms with Gasteiger partial charge in [-0.3, -0.25) is 4.79 Å². The van der Waals surface area contributed by atoms with Crippen LogP contribution in [0.15, 0.2) is 21.7 Å². The van der Waals surface area contributed by atoms with Gasteiger partial charge in [0.15, 0.2) is 5.13 Å². The lowest BCUT2D eigenvalue weighted by molar-refractivity contribution is -0.119. The maximum atomic E-state index is 12.8. The summed E-state index contributed by atoms with van der Waals surface area (Å²) in [4.78, 5) is 18.5. The summed E-state index contributed by atoms with van der Waals surface area (Å²) in [6, 6.07) is 2.64. The van der Waals surface area contributed by atoms with Gasteiger partial charge in [-0.05, 0) is 50.0 Å². The Labute approximate surface area is 154 Å². The molecule has 1 saturated heterocycles. The molecule has 25 heavy (non-hydrogen) atoms. The highest BCUT2D eigenvalue weighted by Gasteiger charge is 2.40. The standard InChI is InChI=1S/C16H19N3O3S3/c20-15(18-16-17-11-5-1-2-7-13(11)24-16)12-6-3-9-19(12)25(21,22)14-8-4-10-23-14/h4,8,10,12H,1-3,5-7,9H2,(H,17,18,20)/t12-/m0/s1. The lowest BCUT2D eigenvalue weighted by Crippen LogP contribution is -2.42. The number of hydrogen-bond acceptors (Lipinski definition) is 6. The zero-order valence-electron chi connectivity index (χ0n) is 13.6. The first-order chi connectivity index (χ1) is 12.1. The number of sulfonamides is 1. The highest BCUT2D eigenvalue weighted by atomic mass is 32.2. The molecule has 1 fully saturated rings. The molecule has 0 saturated carbocycles. The number of nitrogens with one attached hydrogen (secondary N) is 1. The Bertz CT molecular complexity index is 850. The van der Waals surface area contributed by atoms with E-state index in [-0.39, 0.29) is 10.1 Å². The summed E-state index contributed by atoms with van der Waals surface area (Å²) < 4.78 is 27.2. The molecule has 1 N–H and O–H groups in total. The van der Waals surface area contributed by atoms with Crippen LogP contribution in [0, 0.1) is 0 Å². The topological polar surface area (TPSA) is 79.4 Å². The van der Waals surface area contributed by atoms with Crippen molar-refractivity contribution in [2.24, 2.45) is 0 Å². The smallest absolute Gasteiger partial charge is 0.253 e. The third kappa shape index (κ3) is 3.25. The third-order valence-electron chi connectivity index (χ3n) is 4.64. The van der Waals surface area contributed by atoms with Gasteiger partial charge in [0.2, 0.25) is 5.91 Å². The number of amides is 1. The van der Waals surface area contributed by atoms with Crippen molar-refractivity contribution in [3.8, 4) is 0 Å². The van der Waals surface area contributed by atoms with Gasteiger partial charge in [0.25, 0.3) is 10.0 Å². The van der Waals surface area contributed by atoms with Gasteiger partial charge in [-0.1, -0.05) is 6.07 Å². The second kappa shape index (κ2) is 6.79. The second-order valence-corrected chi connectivity index (χ2v) is 10.4. The molecule has 4 rings (SSSR count). The monoisotopic (exact) mass is 397 g/mol. The fourth-order valence-electron chi connectivity index (χ4n) is 3.41. The molecule has 0 aromatic carbocycles. The Kier molecular flexibility index (Phi) is 4.65. The van der Waals surface area contributed by atoms with Crippen molar-refractivity contribution in [3.05, 3.63) is 28.1 Å². The van der Waals surface area contributed by atoms with Crippen LogP contribution < -0.4 is 5.32 Å². The number of carbonyl (C=O) groups excluding carboxylic acids is 1. The summed E-state index contributed by atoms with van der Waals surface area (Å²) in [7, 11) is -3.61. The number of nitrogens with zero attached hydrogens (tertiary/aromatic N) is 2. The number of carbonyl (C=O) groups is 1. The molecule has 0 radical (unpaired) electrons. The van der Waals surface area contributed by atoms with Crippen LogP contribution in [0.2, 0.25) is 0 Å². The summed E-state index contributed by atoms with van der Waals surface area (Å²) >= 11 is 2.70. The largest absolute Gasteiger partial charge is 0.301 e. The molecule has 0 bridgehead atoms. The Morgan fingerprint density at radius 1 is 1.28 bits per heavy atom. The minimum Gasteiger partial charge on any atom is -0.301 e. The molecule has 134 valence electrons. The van der Waals surface area contributed by atoms with Crippen LogP contribution in [-0.4, -0.2) is 36.2 Å². The van der Waals surface area contributed by atoms with Crippen LogP contribution in [0.4, 0.5) is 5.13 Å². The average Bonchev–Trinajstić information content (AvgIpc) is 3.33. The van der Waals surface area contributed by atoms with Crippen LogP contribution in [0.1, 0.15) is 36.3 Å². The van der Waals surface area contributed by atoms with Crippen molar-refractivity contribution < 1.29 is 13.2 Å². The van der Waals surface area contributed by atoms with Crippen molar-refractivity contribution >= 4 is 43.7 Å². The molecule has 3 heterocycles. The van der Waals surface area contributed by atoms with Crippen LogP contribution >= 0.6 is 22.7 Å². The van der Waals surface area contributed by atoms with E-state index in [0.29, 0.717) is 24.5 Å². The minimum absolute atomic E-state index is 0.274. The molecule has 1 atom stereocenters. The molecule has 2 aromatic rings. The number of aromatic nitrogens is 1. The first-order valence-corrected chi connectivity index (χ1v) is 11.5. The van der Waals surface area contributed by atoms with Gasteiger partial charge < -0.3 is 5.32 Å². The molecule has 6 nitrogen and oxygen atoms in total. The normalized spacial score (nSPS) is 21.2. The first-order valence-electron chi connectivity index (χ1n) is 8.40. The van der Waals surface area contributed by atoms with Crippen molar-refractivity contribution in [1.29, 1.82) is 0 Å². The quantitative estimate of drug-likeness (QED) is 0.860. The highest BCUT2D eigenvalue weighted by Crippen LogP contribution is 2.32. The Balaban J connectivity index is 1.52. The van der Waals surface area contributed by atoms with Crippen molar-refractivity contribution in [1.82, 2.24) is 9.29 Å². The van der Waals surface area contributed by atoms with Gasteiger partial charge >= 0.3 is 0 Å². The Morgan fingerprint density at radius 2 is 2.12 bits per heavy atom. The van der Waals surface area contributed by atoms with Crippen LogP contribution in [-0.2, 0) is 27.7 Å². The van der Waals surface area contributed by atoms with E-state index in [0.717, 1.165) is 31.4 Å². The summed E-state index contributed by atoms with van der Waals surface area (Å²) in [5.74, 6) is -0.274. The number of fused-ring (bicyclic) bond motifs is 1. The Hall–Kier alpha value is -1.29. The highest BCUT2D eigenvalue weighted by molar-refractivity contribution is 7.91. The number of thiazole rings is 1. The predicted molar refractivity (Wildman–Crippen MR) is 98.6 cm³/mol. The molecule has 2 aromatic heterocycles. The van der Waals surface area contributed by atoms with E-state index in [1.54, 1.807) is 17.5 Å². The fourth-order valence-corrected chi connectivity index (χ4v) is 7.24. The van der Waals surface area contributed by atoms with E-state index in [1.165, 1.54) is 31.9 Å². The summed E-state index contributed by atoms with van der Waals surface area (Å²) in [5, 5.41) is 5.18. The zero-order chi connectivity index (χ0) is 17.4. The molecule has 1 amide bonds. The predicted octanol–water partition coefficient (Wildman–Crippen LogP) is 2.88. The molecule has 2 aliphatic rings. The van der Waals surface area contributed by atoms with Gasteiger partial charge in [-0.15, -0.1) is 22.7 Å². The van der Waals surface area contributed by atoms with Crippen molar-refractivity contribution in [2.45, 2.75) is 48.8 Å². The number of thiophene rings is 1. The van der Waals surface area contributed by atoms with Crippen LogP contribution in [0.25, 0.3) is 0 Å². The van der Waals surface area contributed by atoms with Gasteiger partial charge in [0.1, 0.15) is 10.3 Å². The van der Waals surface area contributed by atoms with E-state index in [4.69, 9.17) is 0 Å². The molecule has 0 unspecified atom stereocenters. The fraction of sp³-hybridized carbons (Fsp3) is 0.500. The summed E-state index contributed by atoms with van der Waals surface area (Å²) in [6.07, 6.45) is 5.52. The zero-order valence-corrected chi connectivity index (χ0v) is 16.1. The maximum Gasteiger partial charge on any atom is 0.253 e. The summed E-state index contributed by atoms with van der Waals surface area (Å²) in [6.45, 7) is 0.382. The van der Waals surface area contributed by atoms with Gasteiger partial charge in [-0.25, -0.2) is 13.4 Å². The number of anilines is 1. The molecular weight excluding hydrogens is 378 g/mol. The Morgan fingerprint density at radius 3 is 2.88 bits per heavy atom. The van der Waals surface area contributed by atoms with E-state index in [1.807, 2.05) is 0 Å². The molecule has 0 spiro atoms. The van der Waals surface area contributed by atoms with Gasteiger partial charge in [0.05, 0.1) is 5.69 Å². The van der Waals surface area contributed by atoms with Crippen molar-refractivity contribution in [3.63, 3.8) is 0 Å². The van der Waals surface area contributed by atoms with E-state index in [9.17, 15) is 13.2 Å². The number of aryl methyl sites for hydroxylation is 2. The van der Waals surface area contributed by atoms with E-state index in [2.05, 4.69) is 10.3 Å². The van der Waals surface area contributed by atoms with E-state index < -0.39 is 16.1 Å². The first kappa shape index (κ1) is 17.1. The SMILES string of the molecule is O=C(Nc1nc2c(s1)CCCC2)[C@@H]1CCCN1S(=O)(=O)c1cccs1. The molecule has 9 heteroatoms. The number of rotatable bonds is 4. The second-order valence-electron chi connectivity index (χ2n) is 6.29. The third-order valence-corrected chi connectivity index (χ3v) is 8.99. The maximum absolute atomic E-state index is 12.8. The average molecular weight is 398 g/mol. The van der Waals surface area contributed by atoms with Crippen LogP contribution in [0.5, 0.6) is 0 Å². The minimum atomic E-state index is -3.61. The number of hydrogen-bond donors (Lipinski definition) is 1. The van der Waals surface area contributed by atoms with E-state index >= 15 is 0 Å². The molecule has 1 aliphatic carbocycles. The summed E-state index contributed by atoms with van der Waals surface area (Å²) in [5.41, 5.74) is 1.08. The molecular formula is C16H19N3O3S3. The lowest BCUT2D eigenvalue weighted by Gasteiger charge is -2.22. The van der Waals surface area contributed by atoms with Gasteiger partial charge in [-0.2, -0.15) is 4.31 Å². The molecule has 1 aliphatic heterocycles.